The van der Waals surface area contributed by atoms with Crippen molar-refractivity contribution >= 4 is 11.8 Å². The van der Waals surface area contributed by atoms with Crippen LogP contribution in [-0.2, 0) is 9.59 Å². The molecule has 1 saturated carbocycles. The molecular weight excluding hydrogens is 356 g/mol. The molecule has 6 atom stereocenters. The molecule has 1 aliphatic carbocycles. The van der Waals surface area contributed by atoms with E-state index < -0.39 is 0 Å². The second kappa shape index (κ2) is 8.36. The molecule has 8 nitrogen and oxygen atoms in total. The lowest BCUT2D eigenvalue weighted by atomic mass is 9.84. The number of piperidine rings is 1. The number of rotatable bonds is 4. The lowest BCUT2D eigenvalue weighted by Crippen LogP contribution is -2.55. The molecule has 3 saturated heterocycles. The molecule has 0 bridgehead atoms. The van der Waals surface area contributed by atoms with E-state index in [4.69, 9.17) is 5.26 Å². The summed E-state index contributed by atoms with van der Waals surface area (Å²) in [6.07, 6.45) is 7.14. The molecule has 6 unspecified atom stereocenters. The van der Waals surface area contributed by atoms with Crippen molar-refractivity contribution in [3.63, 3.8) is 0 Å². The number of nitriles is 1. The van der Waals surface area contributed by atoms with Crippen LogP contribution in [0.25, 0.3) is 0 Å². The first-order chi connectivity index (χ1) is 13.6. The van der Waals surface area contributed by atoms with Crippen LogP contribution >= 0.6 is 0 Å². The number of hydrogen-bond acceptors (Lipinski definition) is 6. The van der Waals surface area contributed by atoms with Gasteiger partial charge in [-0.3, -0.25) is 15.0 Å². The number of nitrogens with zero attached hydrogens (tertiary/aromatic N) is 3. The zero-order valence-electron chi connectivity index (χ0n) is 16.7. The number of carbonyl (C=O) groups excluding carboxylic acids is 2. The van der Waals surface area contributed by atoms with Crippen LogP contribution in [0.4, 0.5) is 0 Å². The van der Waals surface area contributed by atoms with Gasteiger partial charge in [0.2, 0.25) is 11.8 Å². The third kappa shape index (κ3) is 3.76. The Kier molecular flexibility index (Phi) is 5.85. The van der Waals surface area contributed by atoms with Crippen LogP contribution in [0.5, 0.6) is 0 Å². The summed E-state index contributed by atoms with van der Waals surface area (Å²) in [7, 11) is 1.74. The monoisotopic (exact) mass is 388 g/mol. The minimum absolute atomic E-state index is 0.00504. The van der Waals surface area contributed by atoms with Crippen molar-refractivity contribution in [2.24, 2.45) is 11.8 Å². The van der Waals surface area contributed by atoms with Crippen molar-refractivity contribution in [3.05, 3.63) is 0 Å². The smallest absolute Gasteiger partial charge is 0.241 e. The third-order valence-electron chi connectivity index (χ3n) is 7.18. The van der Waals surface area contributed by atoms with Gasteiger partial charge in [0.25, 0.3) is 0 Å². The molecule has 4 rings (SSSR count). The molecule has 2 amide bonds. The Morgan fingerprint density at radius 3 is 2.79 bits per heavy atom. The summed E-state index contributed by atoms with van der Waals surface area (Å²) in [6, 6.07) is 2.41. The SMILES string of the molecule is CN(CCC#N)C(=O)C1NNC2CCN(C(=O)C3CC4CCCCC4N3)CC21. The van der Waals surface area contributed by atoms with Crippen LogP contribution in [-0.4, -0.2) is 72.5 Å². The number of hydrazine groups is 1. The van der Waals surface area contributed by atoms with Gasteiger partial charge in [-0.2, -0.15) is 5.26 Å². The van der Waals surface area contributed by atoms with E-state index in [2.05, 4.69) is 22.2 Å². The van der Waals surface area contributed by atoms with Crippen LogP contribution in [0.2, 0.25) is 0 Å². The van der Waals surface area contributed by atoms with Crippen LogP contribution in [0.3, 0.4) is 0 Å². The quantitative estimate of drug-likeness (QED) is 0.626. The van der Waals surface area contributed by atoms with Crippen molar-refractivity contribution in [3.8, 4) is 6.07 Å². The molecule has 3 heterocycles. The number of nitrogens with one attached hydrogen (secondary N) is 3. The first-order valence-corrected chi connectivity index (χ1v) is 10.8. The van der Waals surface area contributed by atoms with E-state index in [1.807, 2.05) is 4.90 Å². The lowest BCUT2D eigenvalue weighted by molar-refractivity contribution is -0.138. The van der Waals surface area contributed by atoms with E-state index in [0.29, 0.717) is 31.5 Å². The summed E-state index contributed by atoms with van der Waals surface area (Å²) < 4.78 is 0. The fourth-order valence-electron chi connectivity index (χ4n) is 5.54. The lowest BCUT2D eigenvalue weighted by Gasteiger charge is -2.37. The molecule has 0 spiro atoms. The van der Waals surface area contributed by atoms with Gasteiger partial charge in [0.15, 0.2) is 0 Å². The third-order valence-corrected chi connectivity index (χ3v) is 7.18. The number of hydrogen-bond donors (Lipinski definition) is 3. The standard InChI is InChI=1S/C20H32N6O2/c1-25(9-4-8-21)20(28)18-14-12-26(10-7-16(14)23-24-18)19(27)17-11-13-5-2-3-6-15(13)22-17/h13-18,22-24H,2-7,9-12H2,1H3. The van der Waals surface area contributed by atoms with Gasteiger partial charge in [0.1, 0.15) is 6.04 Å². The highest BCUT2D eigenvalue weighted by atomic mass is 16.2. The number of likely N-dealkylation sites (N-methyl/N-ethyl adjacent to an activating group) is 1. The van der Waals surface area contributed by atoms with Crippen molar-refractivity contribution < 1.29 is 9.59 Å². The molecule has 154 valence electrons. The van der Waals surface area contributed by atoms with Gasteiger partial charge >= 0.3 is 0 Å². The normalized spacial score (nSPS) is 37.1. The van der Waals surface area contributed by atoms with Gasteiger partial charge in [-0.05, 0) is 31.6 Å². The van der Waals surface area contributed by atoms with E-state index in [1.165, 1.54) is 25.7 Å². The van der Waals surface area contributed by atoms with E-state index in [9.17, 15) is 9.59 Å². The Morgan fingerprint density at radius 2 is 2.00 bits per heavy atom. The molecule has 3 aliphatic heterocycles. The van der Waals surface area contributed by atoms with Crippen molar-refractivity contribution in [2.75, 3.05) is 26.7 Å². The minimum Gasteiger partial charge on any atom is -0.343 e. The van der Waals surface area contributed by atoms with Crippen LogP contribution in [0.1, 0.15) is 44.9 Å². The largest absolute Gasteiger partial charge is 0.343 e. The molecule has 0 radical (unpaired) electrons. The Labute approximate surface area is 167 Å². The minimum atomic E-state index is -0.344. The van der Waals surface area contributed by atoms with Crippen molar-refractivity contribution in [1.82, 2.24) is 26.0 Å². The summed E-state index contributed by atoms with van der Waals surface area (Å²) in [5.41, 5.74) is 6.40. The summed E-state index contributed by atoms with van der Waals surface area (Å²) in [5, 5.41) is 12.4. The van der Waals surface area contributed by atoms with E-state index >= 15 is 0 Å². The van der Waals surface area contributed by atoms with Gasteiger partial charge in [-0.15, -0.1) is 0 Å². The second-order valence-electron chi connectivity index (χ2n) is 8.88. The molecule has 3 N–H and O–H groups in total. The van der Waals surface area contributed by atoms with E-state index in [0.717, 1.165) is 19.4 Å². The topological polar surface area (TPSA) is 100 Å². The van der Waals surface area contributed by atoms with Gasteiger partial charge in [0.05, 0.1) is 18.5 Å². The molecule has 4 fully saturated rings. The van der Waals surface area contributed by atoms with Crippen molar-refractivity contribution in [1.29, 1.82) is 5.26 Å². The highest BCUT2D eigenvalue weighted by molar-refractivity contribution is 5.84. The number of likely N-dealkylation sites (tertiary alicyclic amines) is 1. The second-order valence-corrected chi connectivity index (χ2v) is 8.88. The number of amides is 2. The maximum absolute atomic E-state index is 13.2. The molecule has 8 heteroatoms. The zero-order valence-corrected chi connectivity index (χ0v) is 16.7. The first kappa shape index (κ1) is 19.6. The van der Waals surface area contributed by atoms with Gasteiger partial charge in [-0.1, -0.05) is 12.8 Å². The summed E-state index contributed by atoms with van der Waals surface area (Å²) in [4.78, 5) is 29.6. The number of fused-ring (bicyclic) bond motifs is 2. The molecule has 0 aromatic carbocycles. The molecule has 0 aromatic heterocycles. The highest BCUT2D eigenvalue weighted by Crippen LogP contribution is 2.34. The Bertz CT molecular complexity index is 635. The molecular formula is C20H32N6O2. The average Bonchev–Trinajstić information content (AvgIpc) is 3.34. The Morgan fingerprint density at radius 1 is 1.18 bits per heavy atom. The molecule has 0 aromatic rings. The van der Waals surface area contributed by atoms with E-state index in [-0.39, 0.29) is 35.9 Å². The zero-order chi connectivity index (χ0) is 19.7. The fraction of sp³-hybridized carbons (Fsp3) is 0.850. The van der Waals surface area contributed by atoms with Crippen LogP contribution in [0.15, 0.2) is 0 Å². The first-order valence-electron chi connectivity index (χ1n) is 10.8. The fourth-order valence-corrected chi connectivity index (χ4v) is 5.54. The van der Waals surface area contributed by atoms with Gasteiger partial charge < -0.3 is 15.1 Å². The highest BCUT2D eigenvalue weighted by Gasteiger charge is 2.47. The summed E-state index contributed by atoms with van der Waals surface area (Å²) in [6.45, 7) is 1.79. The average molecular weight is 389 g/mol. The maximum atomic E-state index is 13.2. The van der Waals surface area contributed by atoms with Gasteiger partial charge in [-0.25, -0.2) is 5.43 Å². The predicted octanol–water partition coefficient (Wildman–Crippen LogP) is -0.0273. The number of carbonyl (C=O) groups is 2. The Balaban J connectivity index is 1.37. The Hall–Kier alpha value is -1.69. The van der Waals surface area contributed by atoms with E-state index in [1.54, 1.807) is 11.9 Å². The predicted molar refractivity (Wildman–Crippen MR) is 104 cm³/mol. The van der Waals surface area contributed by atoms with Crippen LogP contribution in [0, 0.1) is 23.2 Å². The molecule has 4 aliphatic rings. The summed E-state index contributed by atoms with van der Waals surface area (Å²) in [5.74, 6) is 0.926. The van der Waals surface area contributed by atoms with Crippen molar-refractivity contribution in [2.45, 2.75) is 69.1 Å². The summed E-state index contributed by atoms with van der Waals surface area (Å²) >= 11 is 0. The maximum Gasteiger partial charge on any atom is 0.241 e. The van der Waals surface area contributed by atoms with Crippen LogP contribution < -0.4 is 16.2 Å². The van der Waals surface area contributed by atoms with Gasteiger partial charge in [0, 0.05) is 44.7 Å². The molecule has 28 heavy (non-hydrogen) atoms.